The van der Waals surface area contributed by atoms with Crippen molar-refractivity contribution in [1.82, 2.24) is 19.2 Å². The van der Waals surface area contributed by atoms with Crippen LogP contribution in [0.25, 0.3) is 27.5 Å². The Morgan fingerprint density at radius 1 is 0.935 bits per heavy atom. The van der Waals surface area contributed by atoms with Gasteiger partial charge in [0.25, 0.3) is 5.56 Å². The summed E-state index contributed by atoms with van der Waals surface area (Å²) in [5.41, 5.74) is 2.03. The minimum absolute atomic E-state index is 0.0443. The van der Waals surface area contributed by atoms with E-state index in [9.17, 15) is 4.79 Å². The highest BCUT2D eigenvalue weighted by atomic mass is 32.2. The normalized spacial score (nSPS) is 11.6. The number of ether oxygens (including phenoxy) is 1. The third-order valence-electron chi connectivity index (χ3n) is 5.45. The molecule has 0 N–H and O–H groups in total. The Balaban J connectivity index is 1.59. The summed E-state index contributed by atoms with van der Waals surface area (Å²) in [4.78, 5) is 13.1. The second kappa shape index (κ2) is 8.53. The van der Waals surface area contributed by atoms with Crippen LogP contribution in [0.3, 0.4) is 0 Å². The molecule has 31 heavy (non-hydrogen) atoms. The van der Waals surface area contributed by atoms with Gasteiger partial charge in [-0.25, -0.2) is 0 Å². The molecule has 0 saturated heterocycles. The molecule has 7 heteroatoms. The molecule has 0 spiro atoms. The second-order valence-electron chi connectivity index (χ2n) is 7.37. The van der Waals surface area contributed by atoms with Crippen molar-refractivity contribution in [2.45, 2.75) is 23.9 Å². The van der Waals surface area contributed by atoms with Crippen molar-refractivity contribution in [1.29, 1.82) is 0 Å². The Kier molecular flexibility index (Phi) is 5.44. The molecule has 5 aromatic rings. The van der Waals surface area contributed by atoms with Gasteiger partial charge in [-0.15, -0.1) is 10.2 Å². The Morgan fingerprint density at radius 2 is 1.71 bits per heavy atom. The maximum Gasteiger partial charge on any atom is 0.262 e. The maximum absolute atomic E-state index is 13.1. The monoisotopic (exact) mass is 430 g/mol. The first kappa shape index (κ1) is 19.8. The molecule has 3 aromatic carbocycles. The van der Waals surface area contributed by atoms with Crippen LogP contribution in [0.15, 0.2) is 76.7 Å². The number of aryl methyl sites for hydroxylation is 1. The molecule has 0 bridgehead atoms. The molecule has 0 atom stereocenters. The molecule has 0 fully saturated rings. The van der Waals surface area contributed by atoms with Gasteiger partial charge in [0, 0.05) is 26.0 Å². The minimum atomic E-state index is -0.0443. The molecule has 0 amide bonds. The summed E-state index contributed by atoms with van der Waals surface area (Å²) in [6.07, 6.45) is 0.732. The van der Waals surface area contributed by atoms with Gasteiger partial charge in [-0.1, -0.05) is 66.4 Å². The summed E-state index contributed by atoms with van der Waals surface area (Å²) < 4.78 is 8.87. The highest BCUT2D eigenvalue weighted by molar-refractivity contribution is 7.98. The Hall–Kier alpha value is -3.16. The van der Waals surface area contributed by atoms with Gasteiger partial charge in [-0.2, -0.15) is 0 Å². The number of hydrogen-bond donors (Lipinski definition) is 0. The molecule has 0 aliphatic heterocycles. The van der Waals surface area contributed by atoms with Crippen LogP contribution in [0.2, 0.25) is 0 Å². The van der Waals surface area contributed by atoms with E-state index in [0.29, 0.717) is 24.3 Å². The van der Waals surface area contributed by atoms with Gasteiger partial charge in [-0.05, 0) is 34.9 Å². The highest BCUT2D eigenvalue weighted by Gasteiger charge is 2.17. The average molecular weight is 431 g/mol. The first-order valence-corrected chi connectivity index (χ1v) is 11.2. The number of aromatic nitrogens is 4. The first-order chi connectivity index (χ1) is 15.3. The molecule has 6 nitrogen and oxygen atoms in total. The number of nitrogens with zero attached hydrogens (tertiary/aromatic N) is 4. The number of para-hydroxylation sites is 1. The molecular formula is C24H22N4O2S. The van der Waals surface area contributed by atoms with Gasteiger partial charge in [-0.3, -0.25) is 13.8 Å². The molecule has 0 aliphatic rings. The summed E-state index contributed by atoms with van der Waals surface area (Å²) in [7, 11) is 1.66. The predicted octanol–water partition coefficient (Wildman–Crippen LogP) is 4.53. The number of thioether (sulfide) groups is 1. The summed E-state index contributed by atoms with van der Waals surface area (Å²) in [6, 6.07) is 22.4. The molecule has 5 rings (SSSR count). The highest BCUT2D eigenvalue weighted by Crippen LogP contribution is 2.28. The van der Waals surface area contributed by atoms with Gasteiger partial charge < -0.3 is 4.74 Å². The lowest BCUT2D eigenvalue weighted by molar-refractivity contribution is 0.190. The van der Waals surface area contributed by atoms with E-state index < -0.39 is 0 Å². The zero-order chi connectivity index (χ0) is 21.2. The van der Waals surface area contributed by atoms with Crippen LogP contribution in [-0.2, 0) is 17.0 Å². The smallest absolute Gasteiger partial charge is 0.262 e. The van der Waals surface area contributed by atoms with Crippen LogP contribution in [0.1, 0.15) is 12.0 Å². The lowest BCUT2D eigenvalue weighted by Crippen LogP contribution is -2.24. The van der Waals surface area contributed by atoms with Gasteiger partial charge in [0.1, 0.15) is 0 Å². The van der Waals surface area contributed by atoms with Crippen molar-refractivity contribution in [3.63, 3.8) is 0 Å². The van der Waals surface area contributed by atoms with Crippen LogP contribution in [0.5, 0.6) is 0 Å². The lowest BCUT2D eigenvalue weighted by Gasteiger charge is -2.11. The van der Waals surface area contributed by atoms with E-state index in [1.54, 1.807) is 23.4 Å². The summed E-state index contributed by atoms with van der Waals surface area (Å²) in [5.74, 6) is 1.33. The zero-order valence-electron chi connectivity index (χ0n) is 17.2. The van der Waals surface area contributed by atoms with Gasteiger partial charge >= 0.3 is 0 Å². The Bertz CT molecular complexity index is 1440. The summed E-state index contributed by atoms with van der Waals surface area (Å²) >= 11 is 1.63. The Morgan fingerprint density at radius 3 is 2.58 bits per heavy atom. The maximum atomic E-state index is 13.1. The van der Waals surface area contributed by atoms with E-state index >= 15 is 0 Å². The van der Waals surface area contributed by atoms with Gasteiger partial charge in [0.2, 0.25) is 5.78 Å². The predicted molar refractivity (Wildman–Crippen MR) is 125 cm³/mol. The average Bonchev–Trinajstić information content (AvgIpc) is 3.24. The van der Waals surface area contributed by atoms with Gasteiger partial charge in [0.15, 0.2) is 5.16 Å². The van der Waals surface area contributed by atoms with Gasteiger partial charge in [0.05, 0.1) is 10.9 Å². The molecule has 0 saturated carbocycles. The number of hydrogen-bond acceptors (Lipinski definition) is 5. The fourth-order valence-corrected chi connectivity index (χ4v) is 4.90. The van der Waals surface area contributed by atoms with Crippen molar-refractivity contribution in [2.24, 2.45) is 0 Å². The molecule has 0 aliphatic carbocycles. The standard InChI is InChI=1S/C24H22N4O2S/c1-30-15-7-14-27-22(29)20-12-4-5-13-21(20)28-23(27)25-26-24(28)31-16-18-10-6-9-17-8-2-3-11-19(17)18/h2-6,8-13H,7,14-16H2,1H3. The van der Waals surface area contributed by atoms with Crippen molar-refractivity contribution < 1.29 is 4.74 Å². The van der Waals surface area contributed by atoms with Crippen LogP contribution in [-0.4, -0.2) is 32.9 Å². The SMILES string of the molecule is COCCCn1c(=O)c2ccccc2n2c(SCc3cccc4ccccc34)nnc12. The number of rotatable bonds is 7. The summed E-state index contributed by atoms with van der Waals surface area (Å²) in [6.45, 7) is 1.12. The van der Waals surface area contributed by atoms with E-state index in [2.05, 4.69) is 52.7 Å². The largest absolute Gasteiger partial charge is 0.385 e. The number of fused-ring (bicyclic) bond motifs is 4. The number of methoxy groups -OCH3 is 1. The fourth-order valence-electron chi connectivity index (χ4n) is 3.96. The first-order valence-electron chi connectivity index (χ1n) is 10.2. The fraction of sp³-hybridized carbons (Fsp3) is 0.208. The molecule has 2 aromatic heterocycles. The van der Waals surface area contributed by atoms with E-state index in [4.69, 9.17) is 4.74 Å². The van der Waals surface area contributed by atoms with E-state index in [1.807, 2.05) is 28.7 Å². The van der Waals surface area contributed by atoms with Crippen molar-refractivity contribution in [2.75, 3.05) is 13.7 Å². The van der Waals surface area contributed by atoms with E-state index in [0.717, 1.165) is 22.8 Å². The Labute approximate surface area is 183 Å². The summed E-state index contributed by atoms with van der Waals surface area (Å²) in [5, 5.41) is 12.8. The third kappa shape index (κ3) is 3.60. The third-order valence-corrected chi connectivity index (χ3v) is 6.42. The van der Waals surface area contributed by atoms with E-state index in [1.165, 1.54) is 16.3 Å². The van der Waals surface area contributed by atoms with Crippen molar-refractivity contribution in [3.8, 4) is 0 Å². The van der Waals surface area contributed by atoms with Crippen molar-refractivity contribution >= 4 is 39.2 Å². The van der Waals surface area contributed by atoms with Crippen LogP contribution < -0.4 is 5.56 Å². The van der Waals surface area contributed by atoms with Crippen molar-refractivity contribution in [3.05, 3.63) is 82.6 Å². The number of benzene rings is 3. The molecule has 2 heterocycles. The molecule has 156 valence electrons. The minimum Gasteiger partial charge on any atom is -0.385 e. The molecular weight excluding hydrogens is 408 g/mol. The zero-order valence-corrected chi connectivity index (χ0v) is 18.0. The van der Waals surface area contributed by atoms with Crippen LogP contribution in [0, 0.1) is 0 Å². The topological polar surface area (TPSA) is 61.4 Å². The van der Waals surface area contributed by atoms with Crippen LogP contribution >= 0.6 is 11.8 Å². The second-order valence-corrected chi connectivity index (χ2v) is 8.31. The quantitative estimate of drug-likeness (QED) is 0.281. The van der Waals surface area contributed by atoms with E-state index in [-0.39, 0.29) is 5.56 Å². The molecule has 0 radical (unpaired) electrons. The molecule has 0 unspecified atom stereocenters. The lowest BCUT2D eigenvalue weighted by atomic mass is 10.1. The van der Waals surface area contributed by atoms with Crippen LogP contribution in [0.4, 0.5) is 0 Å².